The fourth-order valence-electron chi connectivity index (χ4n) is 0.750. The zero-order valence-electron chi connectivity index (χ0n) is 10.3. The molecule has 0 fully saturated rings. The van der Waals surface area contributed by atoms with Crippen molar-refractivity contribution in [1.29, 1.82) is 0 Å². The first-order chi connectivity index (χ1) is 8.25. The first kappa shape index (κ1) is 22.9. The maximum absolute atomic E-state index is 12.3. The van der Waals surface area contributed by atoms with Crippen molar-refractivity contribution in [3.8, 4) is 0 Å². The number of hydrogen-bond donors (Lipinski definition) is 0. The Labute approximate surface area is 119 Å². The van der Waals surface area contributed by atoms with Crippen LogP contribution in [0.3, 0.4) is 0 Å². The van der Waals surface area contributed by atoms with Gasteiger partial charge in [0, 0.05) is 0 Å². The van der Waals surface area contributed by atoms with Crippen molar-refractivity contribution in [2.24, 2.45) is 0 Å². The zero-order valence-corrected chi connectivity index (χ0v) is 9.29. The molecule has 21 heavy (non-hydrogen) atoms. The van der Waals surface area contributed by atoms with Gasteiger partial charge in [-0.1, -0.05) is 0 Å². The summed E-state index contributed by atoms with van der Waals surface area (Å²) in [6.45, 7) is 0. The summed E-state index contributed by atoms with van der Waals surface area (Å²) in [5.41, 5.74) is 0. The summed E-state index contributed by atoms with van der Waals surface area (Å²) in [6.07, 6.45) is -15.0. The Hall–Kier alpha value is -0.383. The molecule has 0 unspecified atom stereocenters. The summed E-state index contributed by atoms with van der Waals surface area (Å²) in [6, 6.07) is 0. The van der Waals surface area contributed by atoms with Crippen molar-refractivity contribution in [3.63, 3.8) is 0 Å². The van der Waals surface area contributed by atoms with Crippen LogP contribution in [0.2, 0.25) is 0 Å². The second-order valence-electron chi connectivity index (χ2n) is 3.29. The van der Waals surface area contributed by atoms with Crippen molar-refractivity contribution in [2.45, 2.75) is 36.0 Å². The minimum Gasteiger partial charge on any atom is -1.00 e. The van der Waals surface area contributed by atoms with E-state index >= 15 is 0 Å². The summed E-state index contributed by atoms with van der Waals surface area (Å²) < 4.78 is 166. The zero-order chi connectivity index (χ0) is 17.0. The Balaban J connectivity index is -0.00000180. The first-order valence-electron chi connectivity index (χ1n) is 3.90. The quantitative estimate of drug-likeness (QED) is 0.540. The summed E-state index contributed by atoms with van der Waals surface area (Å²) in [7, 11) is 0. The van der Waals surface area contributed by atoms with Gasteiger partial charge in [-0.25, -0.2) is 0 Å². The van der Waals surface area contributed by atoms with Gasteiger partial charge in [0.1, 0.15) is 0 Å². The van der Waals surface area contributed by atoms with E-state index < -0.39 is 36.0 Å². The molecular formula is C6HF14Li. The van der Waals surface area contributed by atoms with Gasteiger partial charge < -0.3 is 1.43 Å². The Bertz CT molecular complexity index is 331. The van der Waals surface area contributed by atoms with Crippen LogP contribution >= 0.6 is 0 Å². The van der Waals surface area contributed by atoms with Crippen molar-refractivity contribution in [2.75, 3.05) is 0 Å². The van der Waals surface area contributed by atoms with Crippen LogP contribution in [0.4, 0.5) is 61.5 Å². The van der Waals surface area contributed by atoms with Crippen molar-refractivity contribution < 1.29 is 81.8 Å². The molecule has 0 heterocycles. The molecule has 0 aliphatic rings. The molecule has 0 saturated carbocycles. The number of hydrogen-bond acceptors (Lipinski definition) is 0. The molecule has 0 saturated heterocycles. The number of halogens is 14. The molecule has 0 amide bonds. The molecule has 0 aromatic carbocycles. The number of alkyl halides is 14. The second kappa shape index (κ2) is 5.36. The summed E-state index contributed by atoms with van der Waals surface area (Å²) in [4.78, 5) is 0. The molecule has 124 valence electrons. The number of rotatable bonds is 3. The van der Waals surface area contributed by atoms with Crippen LogP contribution in [-0.4, -0.2) is 36.0 Å². The van der Waals surface area contributed by atoms with Crippen LogP contribution < -0.4 is 18.9 Å². The van der Waals surface area contributed by atoms with Crippen LogP contribution in [0.25, 0.3) is 0 Å². The van der Waals surface area contributed by atoms with E-state index in [1.165, 1.54) is 0 Å². The van der Waals surface area contributed by atoms with Crippen LogP contribution in [0.5, 0.6) is 0 Å². The average molecular weight is 346 g/mol. The van der Waals surface area contributed by atoms with E-state index in [0.717, 1.165) is 0 Å². The molecule has 0 aliphatic heterocycles. The standard InChI is InChI=1S/C6F14.Li.H/c7-1(8,3(11,12)5(15,16)17)2(9,10)4(13,14)6(18,19)20;;/q;+1;-1. The minimum absolute atomic E-state index is 0. The van der Waals surface area contributed by atoms with Crippen LogP contribution in [0, 0.1) is 0 Å². The molecule has 0 N–H and O–H groups in total. The third kappa shape index (κ3) is 3.06. The van der Waals surface area contributed by atoms with E-state index in [2.05, 4.69) is 0 Å². The summed E-state index contributed by atoms with van der Waals surface area (Å²) >= 11 is 0. The monoisotopic (exact) mass is 346 g/mol. The van der Waals surface area contributed by atoms with Gasteiger partial charge in [0.15, 0.2) is 0 Å². The normalized spacial score (nSPS) is 15.7. The Morgan fingerprint density at radius 3 is 0.571 bits per heavy atom. The molecule has 0 nitrogen and oxygen atoms in total. The second-order valence-corrected chi connectivity index (χ2v) is 3.29. The van der Waals surface area contributed by atoms with E-state index in [1.54, 1.807) is 0 Å². The van der Waals surface area contributed by atoms with Gasteiger partial charge in [-0.2, -0.15) is 61.5 Å². The van der Waals surface area contributed by atoms with Crippen LogP contribution in [0.1, 0.15) is 1.43 Å². The van der Waals surface area contributed by atoms with Crippen molar-refractivity contribution in [3.05, 3.63) is 0 Å². The fourth-order valence-corrected chi connectivity index (χ4v) is 0.750. The van der Waals surface area contributed by atoms with Gasteiger partial charge in [-0.05, 0) is 0 Å². The maximum Gasteiger partial charge on any atom is 1.00 e. The molecule has 0 rings (SSSR count). The van der Waals surface area contributed by atoms with E-state index in [4.69, 9.17) is 0 Å². The Morgan fingerprint density at radius 2 is 0.476 bits per heavy atom. The molecule has 15 heteroatoms. The van der Waals surface area contributed by atoms with Gasteiger partial charge in [0.25, 0.3) is 0 Å². The molecule has 0 aliphatic carbocycles. The third-order valence-electron chi connectivity index (χ3n) is 1.90. The van der Waals surface area contributed by atoms with E-state index in [9.17, 15) is 61.5 Å². The Morgan fingerprint density at radius 1 is 0.333 bits per heavy atom. The van der Waals surface area contributed by atoms with Gasteiger partial charge >= 0.3 is 54.9 Å². The third-order valence-corrected chi connectivity index (χ3v) is 1.90. The predicted molar refractivity (Wildman–Crippen MR) is 33.0 cm³/mol. The largest absolute Gasteiger partial charge is 1.00 e. The average Bonchev–Trinajstić information content (AvgIpc) is 2.12. The fraction of sp³-hybridized carbons (Fsp3) is 1.00. The van der Waals surface area contributed by atoms with Crippen LogP contribution in [0.15, 0.2) is 0 Å². The smallest absolute Gasteiger partial charge is 1.00 e. The van der Waals surface area contributed by atoms with E-state index in [-0.39, 0.29) is 20.3 Å². The summed E-state index contributed by atoms with van der Waals surface area (Å²) in [5, 5.41) is 0. The Kier molecular flexibility index (Phi) is 5.84. The summed E-state index contributed by atoms with van der Waals surface area (Å²) in [5.74, 6) is -31.7. The first-order valence-corrected chi connectivity index (χ1v) is 3.90. The van der Waals surface area contributed by atoms with Crippen LogP contribution in [-0.2, 0) is 0 Å². The minimum atomic E-state index is -8.04. The molecule has 0 radical (unpaired) electrons. The molecule has 0 aromatic rings. The van der Waals surface area contributed by atoms with Crippen molar-refractivity contribution >= 4 is 0 Å². The van der Waals surface area contributed by atoms with Gasteiger partial charge in [0.05, 0.1) is 0 Å². The van der Waals surface area contributed by atoms with Gasteiger partial charge in [-0.3, -0.25) is 0 Å². The van der Waals surface area contributed by atoms with Gasteiger partial charge in [-0.15, -0.1) is 0 Å². The molecule has 0 bridgehead atoms. The van der Waals surface area contributed by atoms with E-state index in [1.807, 2.05) is 0 Å². The molecule has 0 aromatic heterocycles. The van der Waals surface area contributed by atoms with E-state index in [0.29, 0.717) is 0 Å². The van der Waals surface area contributed by atoms with Crippen molar-refractivity contribution in [1.82, 2.24) is 0 Å². The maximum atomic E-state index is 12.3. The molecule has 0 atom stereocenters. The topological polar surface area (TPSA) is 0 Å². The molecular weight excluding hydrogens is 345 g/mol. The molecule has 0 spiro atoms. The van der Waals surface area contributed by atoms with Gasteiger partial charge in [0.2, 0.25) is 0 Å². The SMILES string of the molecule is FC(F)(F)C(F)(F)C(F)(F)C(F)(F)C(F)(F)C(F)(F)F.[H-].[Li+]. The predicted octanol–water partition coefficient (Wildman–Crippen LogP) is 1.77.